The van der Waals surface area contributed by atoms with Crippen molar-refractivity contribution in [1.29, 1.82) is 5.26 Å². The molecule has 0 spiro atoms. The maximum atomic E-state index is 14.3. The van der Waals surface area contributed by atoms with Gasteiger partial charge in [-0.2, -0.15) is 5.26 Å². The number of aromatic nitrogens is 3. The van der Waals surface area contributed by atoms with E-state index in [1.54, 1.807) is 27.9 Å². The second-order valence-corrected chi connectivity index (χ2v) is 6.51. The van der Waals surface area contributed by atoms with Crippen LogP contribution in [0.5, 0.6) is 0 Å². The van der Waals surface area contributed by atoms with E-state index in [4.69, 9.17) is 5.26 Å². The summed E-state index contributed by atoms with van der Waals surface area (Å²) in [5.74, 6) is -0.455. The summed E-state index contributed by atoms with van der Waals surface area (Å²) in [5.41, 5.74) is 0.0212. The van der Waals surface area contributed by atoms with Crippen LogP contribution in [0.4, 0.5) is 10.1 Å². The predicted octanol–water partition coefficient (Wildman–Crippen LogP) is 2.36. The third-order valence-electron chi connectivity index (χ3n) is 4.40. The Labute approximate surface area is 140 Å². The van der Waals surface area contributed by atoms with Crippen molar-refractivity contribution in [2.24, 2.45) is 0 Å². The van der Waals surface area contributed by atoms with E-state index in [9.17, 15) is 9.50 Å². The molecule has 1 N–H and O–H groups in total. The fourth-order valence-electron chi connectivity index (χ4n) is 3.03. The van der Waals surface area contributed by atoms with Gasteiger partial charge < -0.3 is 10.0 Å². The van der Waals surface area contributed by atoms with Gasteiger partial charge in [0.25, 0.3) is 0 Å². The average molecular weight is 329 g/mol. The molecule has 1 aromatic carbocycles. The lowest BCUT2D eigenvalue weighted by molar-refractivity contribution is 0.0175. The predicted molar refractivity (Wildman–Crippen MR) is 86.9 cm³/mol. The Hall–Kier alpha value is -2.46. The highest BCUT2D eigenvalue weighted by atomic mass is 19.1. The molecule has 1 aliphatic heterocycles. The lowest BCUT2D eigenvalue weighted by Crippen LogP contribution is -2.46. The molecule has 1 atom stereocenters. The van der Waals surface area contributed by atoms with E-state index in [1.165, 1.54) is 6.07 Å². The van der Waals surface area contributed by atoms with Crippen LogP contribution in [0.1, 0.15) is 44.0 Å². The van der Waals surface area contributed by atoms with Crippen molar-refractivity contribution < 1.29 is 9.50 Å². The molecule has 2 aromatic rings. The molecule has 0 amide bonds. The van der Waals surface area contributed by atoms with Crippen LogP contribution in [0.2, 0.25) is 0 Å². The summed E-state index contributed by atoms with van der Waals surface area (Å²) >= 11 is 0. The minimum atomic E-state index is -1.16. The molecule has 3 rings (SSSR count). The summed E-state index contributed by atoms with van der Waals surface area (Å²) in [6.45, 7) is 4.86. The molecule has 1 fully saturated rings. The summed E-state index contributed by atoms with van der Waals surface area (Å²) in [6, 6.07) is 6.47. The van der Waals surface area contributed by atoms with Gasteiger partial charge in [-0.15, -0.1) is 5.10 Å². The zero-order valence-electron chi connectivity index (χ0n) is 13.8. The second-order valence-electron chi connectivity index (χ2n) is 6.51. The number of hydrogen-bond acceptors (Lipinski definition) is 5. The minimum absolute atomic E-state index is 0.158. The molecule has 1 aromatic heterocycles. The fraction of sp³-hybridized carbons (Fsp3) is 0.471. The van der Waals surface area contributed by atoms with E-state index in [1.807, 2.05) is 19.9 Å². The Morgan fingerprint density at radius 2 is 2.21 bits per heavy atom. The molecule has 0 bridgehead atoms. The zero-order chi connectivity index (χ0) is 17.3. The Balaban J connectivity index is 1.87. The van der Waals surface area contributed by atoms with E-state index < -0.39 is 11.4 Å². The standard InChI is InChI=1S/C17H20FN5O/c1-12(2)23-10-16(20-21-23)17(24)6-3-7-22(11-17)15-5-4-13(9-19)8-14(15)18/h4-5,8,10,12,24H,3,6-7,11H2,1-2H3/t17-/m0/s1. The summed E-state index contributed by atoms with van der Waals surface area (Å²) in [4.78, 5) is 1.80. The smallest absolute Gasteiger partial charge is 0.147 e. The average Bonchev–Trinajstić information content (AvgIpc) is 3.06. The van der Waals surface area contributed by atoms with Gasteiger partial charge in [0.15, 0.2) is 0 Å². The first-order valence-electron chi connectivity index (χ1n) is 8.02. The van der Waals surface area contributed by atoms with Crippen LogP contribution >= 0.6 is 0 Å². The highest BCUT2D eigenvalue weighted by molar-refractivity contribution is 5.52. The van der Waals surface area contributed by atoms with Gasteiger partial charge in [-0.3, -0.25) is 0 Å². The summed E-state index contributed by atoms with van der Waals surface area (Å²) in [7, 11) is 0. The first-order chi connectivity index (χ1) is 11.4. The summed E-state index contributed by atoms with van der Waals surface area (Å²) < 4.78 is 16.0. The Kier molecular flexibility index (Phi) is 4.24. The maximum Gasteiger partial charge on any atom is 0.147 e. The molecule has 24 heavy (non-hydrogen) atoms. The number of halogens is 1. The number of anilines is 1. The van der Waals surface area contributed by atoms with Crippen molar-refractivity contribution in [2.75, 3.05) is 18.0 Å². The largest absolute Gasteiger partial charge is 0.382 e. The number of piperidine rings is 1. The van der Waals surface area contributed by atoms with E-state index in [2.05, 4.69) is 10.3 Å². The van der Waals surface area contributed by atoms with Crippen molar-refractivity contribution in [3.8, 4) is 6.07 Å². The number of nitrogens with zero attached hydrogens (tertiary/aromatic N) is 5. The zero-order valence-corrected chi connectivity index (χ0v) is 13.8. The molecule has 0 aliphatic carbocycles. The Morgan fingerprint density at radius 3 is 2.83 bits per heavy atom. The number of β-amino-alcohol motifs (C(OH)–C–C–N with tert-alkyl or cyclic N) is 1. The first-order valence-corrected chi connectivity index (χ1v) is 8.02. The van der Waals surface area contributed by atoms with Crippen LogP contribution < -0.4 is 4.90 Å². The normalized spacial score (nSPS) is 21.1. The SMILES string of the molecule is CC(C)n1cc([C@]2(O)CCCN(c3ccc(C#N)cc3F)C2)nn1. The van der Waals surface area contributed by atoms with Gasteiger partial charge >= 0.3 is 0 Å². The van der Waals surface area contributed by atoms with Crippen LogP contribution in [-0.4, -0.2) is 33.2 Å². The monoisotopic (exact) mass is 329 g/mol. The maximum absolute atomic E-state index is 14.3. The molecule has 1 aliphatic rings. The van der Waals surface area contributed by atoms with Crippen molar-refractivity contribution in [3.05, 3.63) is 41.5 Å². The molecule has 0 radical (unpaired) electrons. The van der Waals surface area contributed by atoms with Gasteiger partial charge in [0, 0.05) is 12.6 Å². The third-order valence-corrected chi connectivity index (χ3v) is 4.40. The molecule has 6 nitrogen and oxygen atoms in total. The van der Waals surface area contributed by atoms with Crippen molar-refractivity contribution in [1.82, 2.24) is 15.0 Å². The third kappa shape index (κ3) is 2.97. The summed E-state index contributed by atoms with van der Waals surface area (Å²) in [5, 5.41) is 28.0. The topological polar surface area (TPSA) is 78.0 Å². The van der Waals surface area contributed by atoms with E-state index in [0.717, 1.165) is 0 Å². The molecule has 0 unspecified atom stereocenters. The van der Waals surface area contributed by atoms with Crippen LogP contribution in [0.25, 0.3) is 0 Å². The van der Waals surface area contributed by atoms with Gasteiger partial charge in [-0.25, -0.2) is 9.07 Å². The molecular formula is C17H20FN5O. The van der Waals surface area contributed by atoms with E-state index in [-0.39, 0.29) is 18.2 Å². The van der Waals surface area contributed by atoms with Crippen molar-refractivity contribution >= 4 is 5.69 Å². The molecule has 7 heteroatoms. The number of rotatable bonds is 3. The van der Waals surface area contributed by atoms with Gasteiger partial charge in [-0.1, -0.05) is 5.21 Å². The lowest BCUT2D eigenvalue weighted by Gasteiger charge is -2.39. The molecular weight excluding hydrogens is 309 g/mol. The van der Waals surface area contributed by atoms with E-state index >= 15 is 0 Å². The molecule has 126 valence electrons. The Bertz CT molecular complexity index is 782. The lowest BCUT2D eigenvalue weighted by atomic mass is 9.89. The molecule has 2 heterocycles. The number of nitriles is 1. The second kappa shape index (κ2) is 6.21. The highest BCUT2D eigenvalue weighted by Crippen LogP contribution is 2.34. The van der Waals surface area contributed by atoms with Gasteiger partial charge in [-0.05, 0) is 44.9 Å². The van der Waals surface area contributed by atoms with Crippen molar-refractivity contribution in [3.63, 3.8) is 0 Å². The minimum Gasteiger partial charge on any atom is -0.382 e. The summed E-state index contributed by atoms with van der Waals surface area (Å²) in [6.07, 6.45) is 3.02. The number of aliphatic hydroxyl groups is 1. The fourth-order valence-corrected chi connectivity index (χ4v) is 3.03. The Morgan fingerprint density at radius 1 is 1.42 bits per heavy atom. The highest BCUT2D eigenvalue weighted by Gasteiger charge is 2.38. The van der Waals surface area contributed by atoms with Gasteiger partial charge in [0.05, 0.1) is 30.1 Å². The van der Waals surface area contributed by atoms with Crippen LogP contribution in [0.3, 0.4) is 0 Å². The van der Waals surface area contributed by atoms with Crippen LogP contribution in [0, 0.1) is 17.1 Å². The van der Waals surface area contributed by atoms with Gasteiger partial charge in [0.1, 0.15) is 17.1 Å². The number of hydrogen-bond donors (Lipinski definition) is 1. The van der Waals surface area contributed by atoms with Crippen LogP contribution in [-0.2, 0) is 5.60 Å². The van der Waals surface area contributed by atoms with E-state index in [0.29, 0.717) is 30.8 Å². The molecule has 1 saturated heterocycles. The quantitative estimate of drug-likeness (QED) is 0.935. The van der Waals surface area contributed by atoms with Crippen molar-refractivity contribution in [2.45, 2.75) is 38.3 Å². The molecule has 0 saturated carbocycles. The van der Waals surface area contributed by atoms with Crippen LogP contribution in [0.15, 0.2) is 24.4 Å². The number of benzene rings is 1. The first kappa shape index (κ1) is 16.4. The van der Waals surface area contributed by atoms with Gasteiger partial charge in [0.2, 0.25) is 0 Å².